The Bertz CT molecular complexity index is 1030. The molecule has 0 aromatic rings. The van der Waals surface area contributed by atoms with Crippen LogP contribution in [0.3, 0.4) is 0 Å². The average Bonchev–Trinajstić information content (AvgIpc) is 3.07. The van der Waals surface area contributed by atoms with Crippen LogP contribution in [0.5, 0.6) is 0 Å². The first-order valence-electron chi connectivity index (χ1n) is 18.8. The second-order valence-corrected chi connectivity index (χ2v) is 13.8. The lowest BCUT2D eigenvalue weighted by Gasteiger charge is -2.18. The number of phosphoric ester groups is 1. The predicted molar refractivity (Wildman–Crippen MR) is 200 cm³/mol. The van der Waals surface area contributed by atoms with Crippen molar-refractivity contribution in [3.05, 3.63) is 60.8 Å². The van der Waals surface area contributed by atoms with Crippen LogP contribution in [-0.2, 0) is 28.2 Å². The Morgan fingerprint density at radius 3 is 1.78 bits per heavy atom. The van der Waals surface area contributed by atoms with E-state index in [0.717, 1.165) is 44.9 Å². The van der Waals surface area contributed by atoms with Crippen molar-refractivity contribution in [1.82, 2.24) is 0 Å². The molecule has 4 N–H and O–H groups in total. The molecule has 0 bridgehead atoms. The normalized spacial score (nSPS) is 14.4. The molecular weight excluding hydrogens is 659 g/mol. The Labute approximate surface area is 302 Å². The number of carbonyl (C=O) groups is 2. The first-order chi connectivity index (χ1) is 24.1. The van der Waals surface area contributed by atoms with Gasteiger partial charge in [-0.05, 0) is 64.2 Å². The first kappa shape index (κ1) is 47.7. The van der Waals surface area contributed by atoms with Crippen molar-refractivity contribution in [2.45, 2.75) is 161 Å². The maximum absolute atomic E-state index is 12.3. The van der Waals surface area contributed by atoms with Gasteiger partial charge in [-0.2, -0.15) is 0 Å². The number of carbonyl (C=O) groups excluding carboxylic acids is 2. The minimum Gasteiger partial charge on any atom is -0.462 e. The van der Waals surface area contributed by atoms with Crippen LogP contribution >= 0.6 is 7.82 Å². The van der Waals surface area contributed by atoms with Crippen molar-refractivity contribution in [3.8, 4) is 0 Å². The maximum Gasteiger partial charge on any atom is 0.469 e. The van der Waals surface area contributed by atoms with Gasteiger partial charge in [0.25, 0.3) is 0 Å². The third-order valence-corrected chi connectivity index (χ3v) is 8.18. The number of allylic oxidation sites excluding steroid dienone is 7. The van der Waals surface area contributed by atoms with E-state index in [2.05, 4.69) is 36.6 Å². The van der Waals surface area contributed by atoms with Gasteiger partial charge in [0, 0.05) is 12.8 Å². The molecule has 0 spiro atoms. The zero-order valence-corrected chi connectivity index (χ0v) is 31.6. The van der Waals surface area contributed by atoms with Crippen LogP contribution < -0.4 is 0 Å². The number of aliphatic hydroxyl groups is 2. The fourth-order valence-electron chi connectivity index (χ4n) is 4.79. The number of hydrogen-bond donors (Lipinski definition) is 4. The van der Waals surface area contributed by atoms with Gasteiger partial charge in [0.15, 0.2) is 6.10 Å². The van der Waals surface area contributed by atoms with Crippen LogP contribution in [0.4, 0.5) is 0 Å². The summed E-state index contributed by atoms with van der Waals surface area (Å²) in [5.41, 5.74) is 0. The van der Waals surface area contributed by atoms with Crippen LogP contribution in [0.1, 0.15) is 142 Å². The van der Waals surface area contributed by atoms with Gasteiger partial charge in [-0.3, -0.25) is 14.1 Å². The minimum absolute atomic E-state index is 0.00316. The first-order valence-corrected chi connectivity index (χ1v) is 20.3. The molecule has 0 aliphatic rings. The van der Waals surface area contributed by atoms with Crippen molar-refractivity contribution in [1.29, 1.82) is 0 Å². The smallest absolute Gasteiger partial charge is 0.462 e. The predicted octanol–water partition coefficient (Wildman–Crippen LogP) is 8.90. The van der Waals surface area contributed by atoms with Gasteiger partial charge >= 0.3 is 19.8 Å². The van der Waals surface area contributed by atoms with E-state index < -0.39 is 51.3 Å². The minimum atomic E-state index is -4.81. The summed E-state index contributed by atoms with van der Waals surface area (Å²) in [7, 11) is -4.81. The summed E-state index contributed by atoms with van der Waals surface area (Å²) in [5, 5.41) is 20.1. The maximum atomic E-state index is 12.3. The zero-order chi connectivity index (χ0) is 37.1. The quantitative estimate of drug-likeness (QED) is 0.0169. The molecule has 0 unspecified atom stereocenters. The van der Waals surface area contributed by atoms with Crippen LogP contribution in [-0.4, -0.2) is 63.5 Å². The highest BCUT2D eigenvalue weighted by Crippen LogP contribution is 2.36. The molecule has 0 aliphatic heterocycles. The van der Waals surface area contributed by atoms with Crippen LogP contribution in [0.15, 0.2) is 60.8 Å². The molecule has 0 aromatic carbocycles. The summed E-state index contributed by atoms with van der Waals surface area (Å²) >= 11 is 0. The average molecular weight is 727 g/mol. The Kier molecular flexibility index (Phi) is 32.2. The van der Waals surface area contributed by atoms with Crippen LogP contribution in [0.25, 0.3) is 0 Å². The van der Waals surface area contributed by atoms with Gasteiger partial charge in [-0.1, -0.05) is 126 Å². The number of unbranched alkanes of at least 4 members (excludes halogenated alkanes) is 12. The summed E-state index contributed by atoms with van der Waals surface area (Å²) in [5.74, 6) is -1.14. The second kappa shape index (κ2) is 33.8. The van der Waals surface area contributed by atoms with E-state index in [4.69, 9.17) is 19.3 Å². The van der Waals surface area contributed by atoms with E-state index in [1.807, 2.05) is 6.08 Å². The highest BCUT2D eigenvalue weighted by Gasteiger charge is 2.23. The van der Waals surface area contributed by atoms with Gasteiger partial charge in [-0.25, -0.2) is 4.57 Å². The number of rotatable bonds is 33. The summed E-state index contributed by atoms with van der Waals surface area (Å²) in [6.45, 7) is 3.36. The Morgan fingerprint density at radius 2 is 1.14 bits per heavy atom. The van der Waals surface area contributed by atoms with Gasteiger partial charge in [0.2, 0.25) is 0 Å². The molecule has 10 nitrogen and oxygen atoms in total. The fraction of sp³-hybridized carbons (Fsp3) is 0.692. The Morgan fingerprint density at radius 1 is 0.620 bits per heavy atom. The summed E-state index contributed by atoms with van der Waals surface area (Å²) in [4.78, 5) is 42.7. The number of phosphoric acid groups is 1. The van der Waals surface area contributed by atoms with E-state index in [1.54, 1.807) is 36.5 Å². The van der Waals surface area contributed by atoms with E-state index in [9.17, 15) is 24.4 Å². The lowest BCUT2D eigenvalue weighted by Crippen LogP contribution is -2.29. The van der Waals surface area contributed by atoms with Crippen molar-refractivity contribution >= 4 is 19.8 Å². The topological polar surface area (TPSA) is 160 Å². The van der Waals surface area contributed by atoms with Gasteiger partial charge in [0.05, 0.1) is 18.8 Å². The lowest BCUT2D eigenvalue weighted by atomic mass is 10.1. The molecule has 0 amide bonds. The van der Waals surface area contributed by atoms with Crippen LogP contribution in [0, 0.1) is 0 Å². The summed E-state index contributed by atoms with van der Waals surface area (Å²) in [6.07, 6.45) is 34.3. The Hall–Kier alpha value is -2.33. The van der Waals surface area contributed by atoms with Crippen molar-refractivity contribution in [2.75, 3.05) is 13.2 Å². The van der Waals surface area contributed by atoms with Crippen molar-refractivity contribution < 1.29 is 48.2 Å². The van der Waals surface area contributed by atoms with Gasteiger partial charge in [-0.15, -0.1) is 0 Å². The third-order valence-electron chi connectivity index (χ3n) is 7.70. The summed E-state index contributed by atoms with van der Waals surface area (Å²) in [6, 6.07) is 0. The van der Waals surface area contributed by atoms with E-state index in [0.29, 0.717) is 25.7 Å². The number of aliphatic hydroxyl groups excluding tert-OH is 2. The molecule has 11 heteroatoms. The molecular formula is C39H67O10P. The number of hydrogen-bond acceptors (Lipinski definition) is 8. The molecule has 0 radical (unpaired) electrons. The van der Waals surface area contributed by atoms with Gasteiger partial charge < -0.3 is 29.5 Å². The van der Waals surface area contributed by atoms with E-state index in [-0.39, 0.29) is 12.8 Å². The van der Waals surface area contributed by atoms with Crippen molar-refractivity contribution in [3.63, 3.8) is 0 Å². The SMILES string of the molecule is CCCCC/C=C\C[C@@H](O)/C=C/C=C/C=C\[C@@H](O)CCCC(=O)OC[C@H](COP(=O)(O)O)OC(=O)CCCCCCC/C=C\CCCCCC. The summed E-state index contributed by atoms with van der Waals surface area (Å²) < 4.78 is 26.1. The molecule has 50 heavy (non-hydrogen) atoms. The highest BCUT2D eigenvalue weighted by molar-refractivity contribution is 7.46. The highest BCUT2D eigenvalue weighted by atomic mass is 31.2. The number of ether oxygens (including phenoxy) is 2. The molecule has 0 fully saturated rings. The Balaban J connectivity index is 4.28. The molecule has 3 atom stereocenters. The third kappa shape index (κ3) is 35.5. The standard InChI is InChI=1S/C39H67O10P/c1-3-5-7-9-11-12-13-14-15-16-17-19-25-31-39(43)49-37(34-48-50(44,45)46)33-47-38(42)32-26-30-36(41)29-24-21-20-23-28-35(40)27-22-18-10-8-6-4-2/h12-13,18,20-24,28-29,35-37,40-41H,3-11,14-17,19,25-27,30-34H2,1-2H3,(H2,44,45,46)/b13-12-,21-20+,22-18-,28-23+,29-24-/t35-,36-,37-/m1/s1. The largest absolute Gasteiger partial charge is 0.469 e. The second-order valence-electron chi connectivity index (χ2n) is 12.6. The van der Waals surface area contributed by atoms with Gasteiger partial charge in [0.1, 0.15) is 6.61 Å². The zero-order valence-electron chi connectivity index (χ0n) is 30.7. The lowest BCUT2D eigenvalue weighted by molar-refractivity contribution is -0.161. The molecule has 0 saturated carbocycles. The molecule has 0 saturated heterocycles. The molecule has 288 valence electrons. The van der Waals surface area contributed by atoms with Crippen molar-refractivity contribution in [2.24, 2.45) is 0 Å². The molecule has 0 aliphatic carbocycles. The van der Waals surface area contributed by atoms with Crippen LogP contribution in [0.2, 0.25) is 0 Å². The number of esters is 2. The molecule has 0 aromatic heterocycles. The molecule has 0 rings (SSSR count). The monoisotopic (exact) mass is 726 g/mol. The molecule has 0 heterocycles. The van der Waals surface area contributed by atoms with E-state index >= 15 is 0 Å². The van der Waals surface area contributed by atoms with E-state index in [1.165, 1.54) is 44.9 Å². The fourth-order valence-corrected chi connectivity index (χ4v) is 5.16.